The number of rotatable bonds is 4. The monoisotopic (exact) mass is 389 g/mol. The van der Waals surface area contributed by atoms with E-state index in [4.69, 9.17) is 5.26 Å². The molecule has 6 nitrogen and oxygen atoms in total. The Morgan fingerprint density at radius 2 is 1.83 bits per heavy atom. The lowest BCUT2D eigenvalue weighted by Crippen LogP contribution is -2.41. The van der Waals surface area contributed by atoms with Crippen LogP contribution < -0.4 is 10.9 Å². The van der Waals surface area contributed by atoms with Gasteiger partial charge in [0.25, 0.3) is 0 Å². The molecule has 2 aliphatic rings. The number of amides is 1. The van der Waals surface area contributed by atoms with E-state index in [0.717, 1.165) is 44.7 Å². The molecule has 29 heavy (non-hydrogen) atoms. The van der Waals surface area contributed by atoms with Crippen molar-refractivity contribution in [2.45, 2.75) is 19.0 Å². The van der Waals surface area contributed by atoms with E-state index in [1.807, 2.05) is 47.4 Å². The molecule has 4 rings (SSSR count). The number of nitrogens with one attached hydrogen (secondary N) is 2. The van der Waals surface area contributed by atoms with Crippen LogP contribution in [0.4, 0.5) is 0 Å². The number of carbonyl (C=O) groups is 1. The van der Waals surface area contributed by atoms with Gasteiger partial charge in [0.1, 0.15) is 0 Å². The van der Waals surface area contributed by atoms with Crippen LogP contribution in [0.25, 0.3) is 0 Å². The van der Waals surface area contributed by atoms with Crippen molar-refractivity contribution in [2.75, 3.05) is 32.7 Å². The Morgan fingerprint density at radius 3 is 2.59 bits per heavy atom. The topological polar surface area (TPSA) is 71.4 Å². The van der Waals surface area contributed by atoms with Crippen molar-refractivity contribution in [3.05, 3.63) is 71.3 Å². The van der Waals surface area contributed by atoms with E-state index in [0.29, 0.717) is 12.1 Å². The minimum absolute atomic E-state index is 0.0155. The van der Waals surface area contributed by atoms with Crippen molar-refractivity contribution in [3.8, 4) is 6.07 Å². The molecule has 0 saturated carbocycles. The van der Waals surface area contributed by atoms with Crippen LogP contribution in [-0.2, 0) is 11.3 Å². The van der Waals surface area contributed by atoms with E-state index in [2.05, 4.69) is 34.0 Å². The summed E-state index contributed by atoms with van der Waals surface area (Å²) in [4.78, 5) is 17.7. The molecular formula is C23H27N5O. The summed E-state index contributed by atoms with van der Waals surface area (Å²) in [7, 11) is 0. The Morgan fingerprint density at radius 1 is 1.03 bits per heavy atom. The minimum Gasteiger partial charge on any atom is -0.341 e. The fourth-order valence-electron chi connectivity index (χ4n) is 4.23. The average Bonchev–Trinajstić information content (AvgIpc) is 3.15. The molecule has 150 valence electrons. The molecule has 2 aromatic carbocycles. The fraction of sp³-hybridized carbons (Fsp3) is 0.391. The smallest absolute Gasteiger partial charge is 0.229 e. The molecule has 0 spiro atoms. The first kappa shape index (κ1) is 19.6. The van der Waals surface area contributed by atoms with Gasteiger partial charge in [-0.2, -0.15) is 5.26 Å². The van der Waals surface area contributed by atoms with Gasteiger partial charge in [-0.05, 0) is 29.7 Å². The minimum atomic E-state index is -0.0810. The van der Waals surface area contributed by atoms with Crippen LogP contribution in [-0.4, -0.2) is 48.4 Å². The lowest BCUT2D eigenvalue weighted by atomic mass is 9.93. The second-order valence-corrected chi connectivity index (χ2v) is 7.78. The van der Waals surface area contributed by atoms with Crippen molar-refractivity contribution in [1.29, 1.82) is 5.26 Å². The molecule has 2 N–H and O–H groups in total. The zero-order chi connectivity index (χ0) is 20.1. The van der Waals surface area contributed by atoms with E-state index >= 15 is 0 Å². The van der Waals surface area contributed by atoms with Crippen molar-refractivity contribution in [1.82, 2.24) is 20.7 Å². The van der Waals surface area contributed by atoms with Crippen molar-refractivity contribution in [2.24, 2.45) is 5.92 Å². The summed E-state index contributed by atoms with van der Waals surface area (Å²) in [6, 6.07) is 20.1. The zero-order valence-electron chi connectivity index (χ0n) is 16.6. The summed E-state index contributed by atoms with van der Waals surface area (Å²) < 4.78 is 0. The summed E-state index contributed by atoms with van der Waals surface area (Å²) >= 11 is 0. The van der Waals surface area contributed by atoms with Gasteiger partial charge in [0.2, 0.25) is 5.91 Å². The first-order valence-corrected chi connectivity index (χ1v) is 10.3. The predicted molar refractivity (Wildman–Crippen MR) is 111 cm³/mol. The maximum atomic E-state index is 13.3. The molecule has 2 aliphatic heterocycles. The molecule has 0 radical (unpaired) electrons. The van der Waals surface area contributed by atoms with Crippen LogP contribution in [0.3, 0.4) is 0 Å². The highest BCUT2D eigenvalue weighted by Crippen LogP contribution is 2.27. The molecule has 0 aromatic heterocycles. The summed E-state index contributed by atoms with van der Waals surface area (Å²) in [6.45, 7) is 4.92. The number of nitrogens with zero attached hydrogens (tertiary/aromatic N) is 3. The molecule has 2 aromatic rings. The van der Waals surface area contributed by atoms with Crippen molar-refractivity contribution in [3.63, 3.8) is 0 Å². The van der Waals surface area contributed by atoms with Crippen molar-refractivity contribution >= 4 is 5.91 Å². The largest absolute Gasteiger partial charge is 0.341 e. The van der Waals surface area contributed by atoms with E-state index in [-0.39, 0.29) is 17.9 Å². The molecule has 2 unspecified atom stereocenters. The molecule has 2 saturated heterocycles. The van der Waals surface area contributed by atoms with Gasteiger partial charge in [-0.25, -0.2) is 5.43 Å². The Hall–Kier alpha value is -2.72. The van der Waals surface area contributed by atoms with E-state index in [1.54, 1.807) is 0 Å². The maximum Gasteiger partial charge on any atom is 0.229 e. The highest BCUT2D eigenvalue weighted by molar-refractivity contribution is 5.80. The molecule has 0 bridgehead atoms. The Labute approximate surface area is 172 Å². The van der Waals surface area contributed by atoms with Crippen LogP contribution in [0.15, 0.2) is 54.6 Å². The van der Waals surface area contributed by atoms with Gasteiger partial charge in [-0.1, -0.05) is 42.5 Å². The molecule has 1 amide bonds. The normalized spacial score (nSPS) is 22.8. The molecule has 2 heterocycles. The maximum absolute atomic E-state index is 13.3. The summed E-state index contributed by atoms with van der Waals surface area (Å²) in [6.07, 6.45) is 0.978. The SMILES string of the molecule is N#Cc1ccc(CN2CCCN(C(=O)C3CNNC3c3ccccc3)CC2)cc1. The van der Waals surface area contributed by atoms with Crippen LogP contribution in [0.1, 0.15) is 29.2 Å². The summed E-state index contributed by atoms with van der Waals surface area (Å²) in [5, 5.41) is 8.94. The third-order valence-corrected chi connectivity index (χ3v) is 5.85. The van der Waals surface area contributed by atoms with Gasteiger partial charge in [-0.3, -0.25) is 15.1 Å². The van der Waals surface area contributed by atoms with E-state index in [1.165, 1.54) is 5.56 Å². The number of carbonyl (C=O) groups excluding carboxylic acids is 1. The van der Waals surface area contributed by atoms with E-state index in [9.17, 15) is 4.79 Å². The Kier molecular flexibility index (Phi) is 6.20. The Bertz CT molecular complexity index is 861. The first-order chi connectivity index (χ1) is 14.2. The number of hydrogen-bond donors (Lipinski definition) is 2. The average molecular weight is 390 g/mol. The highest BCUT2D eigenvalue weighted by atomic mass is 16.2. The van der Waals surface area contributed by atoms with Gasteiger partial charge in [0, 0.05) is 39.3 Å². The van der Waals surface area contributed by atoms with Gasteiger partial charge < -0.3 is 4.90 Å². The van der Waals surface area contributed by atoms with Gasteiger partial charge in [-0.15, -0.1) is 0 Å². The first-order valence-electron chi connectivity index (χ1n) is 10.3. The van der Waals surface area contributed by atoms with Crippen LogP contribution in [0, 0.1) is 17.2 Å². The quantitative estimate of drug-likeness (QED) is 0.838. The second kappa shape index (κ2) is 9.19. The molecular weight excluding hydrogens is 362 g/mol. The molecule has 0 aliphatic carbocycles. The van der Waals surface area contributed by atoms with Gasteiger partial charge in [0.05, 0.1) is 23.6 Å². The summed E-state index contributed by atoms with van der Waals surface area (Å²) in [5.41, 5.74) is 9.50. The fourth-order valence-corrected chi connectivity index (χ4v) is 4.23. The van der Waals surface area contributed by atoms with Crippen LogP contribution in [0.5, 0.6) is 0 Å². The van der Waals surface area contributed by atoms with Gasteiger partial charge in [0.15, 0.2) is 0 Å². The van der Waals surface area contributed by atoms with E-state index < -0.39 is 0 Å². The van der Waals surface area contributed by atoms with Crippen LogP contribution in [0.2, 0.25) is 0 Å². The number of benzene rings is 2. The van der Waals surface area contributed by atoms with Gasteiger partial charge >= 0.3 is 0 Å². The standard InChI is InChI=1S/C23H27N5O/c24-15-18-7-9-19(10-8-18)17-27-11-4-12-28(14-13-27)23(29)21-16-25-26-22(21)20-5-2-1-3-6-20/h1-3,5-10,21-22,25-26H,4,11-14,16-17H2. The molecule has 6 heteroatoms. The van der Waals surface area contributed by atoms with Crippen molar-refractivity contribution < 1.29 is 4.79 Å². The third-order valence-electron chi connectivity index (χ3n) is 5.85. The van der Waals surface area contributed by atoms with Crippen LogP contribution >= 0.6 is 0 Å². The number of hydrazine groups is 1. The summed E-state index contributed by atoms with van der Waals surface area (Å²) in [5.74, 6) is 0.152. The lowest BCUT2D eigenvalue weighted by molar-refractivity contribution is -0.135. The predicted octanol–water partition coefficient (Wildman–Crippen LogP) is 2.06. The third kappa shape index (κ3) is 4.65. The molecule has 2 atom stereocenters. The Balaban J connectivity index is 1.36. The zero-order valence-corrected chi connectivity index (χ0v) is 16.6. The second-order valence-electron chi connectivity index (χ2n) is 7.78. The molecule has 2 fully saturated rings. The highest BCUT2D eigenvalue weighted by Gasteiger charge is 2.36. The number of nitriles is 1. The lowest BCUT2D eigenvalue weighted by Gasteiger charge is -2.27. The number of hydrogen-bond acceptors (Lipinski definition) is 5.